The van der Waals surface area contributed by atoms with Crippen LogP contribution in [0, 0.1) is 0 Å². The molecule has 0 aromatic heterocycles. The molecule has 0 aliphatic heterocycles. The van der Waals surface area contributed by atoms with Gasteiger partial charge in [0.1, 0.15) is 0 Å². The Kier molecular flexibility index (Phi) is 12.2. The third-order valence-electron chi connectivity index (χ3n) is 2.42. The lowest BCUT2D eigenvalue weighted by Gasteiger charge is -1.99. The minimum Gasteiger partial charge on any atom is -0.469 e. The van der Waals surface area contributed by atoms with Crippen LogP contribution in [0.2, 0.25) is 0 Å². The first kappa shape index (κ1) is 15.5. The van der Waals surface area contributed by atoms with Crippen LogP contribution in [-0.4, -0.2) is 19.0 Å². The number of esters is 1. The van der Waals surface area contributed by atoms with Gasteiger partial charge in [-0.05, 0) is 25.7 Å². The molecule has 0 aliphatic carbocycles. The van der Waals surface area contributed by atoms with Crippen LogP contribution in [0.25, 0.3) is 0 Å². The number of rotatable bonds is 10. The van der Waals surface area contributed by atoms with E-state index in [2.05, 4.69) is 16.9 Å². The second-order valence-corrected chi connectivity index (χ2v) is 4.21. The topological polar surface area (TPSA) is 26.3 Å². The lowest BCUT2D eigenvalue weighted by molar-refractivity contribution is -0.140. The second kappa shape index (κ2) is 12.6. The number of halogens is 1. The predicted molar refractivity (Wildman–Crippen MR) is 68.8 cm³/mol. The van der Waals surface area contributed by atoms with Gasteiger partial charge in [0, 0.05) is 12.3 Å². The summed E-state index contributed by atoms with van der Waals surface area (Å²) >= 11 is 5.55. The normalized spacial score (nSPS) is 10.9. The number of carbonyl (C=O) groups excluding carboxylic acids is 1. The van der Waals surface area contributed by atoms with Gasteiger partial charge in [-0.25, -0.2) is 0 Å². The van der Waals surface area contributed by atoms with Crippen molar-refractivity contribution >= 4 is 17.6 Å². The molecule has 0 heterocycles. The summed E-state index contributed by atoms with van der Waals surface area (Å²) in [6.07, 6.45) is 12.8. The monoisotopic (exact) mass is 246 g/mol. The van der Waals surface area contributed by atoms with Gasteiger partial charge >= 0.3 is 5.97 Å². The Hall–Kier alpha value is -0.500. The van der Waals surface area contributed by atoms with Crippen LogP contribution in [0.5, 0.6) is 0 Å². The summed E-state index contributed by atoms with van der Waals surface area (Å²) in [5, 5.41) is 0. The molecule has 0 saturated carbocycles. The van der Waals surface area contributed by atoms with Gasteiger partial charge in [0.15, 0.2) is 0 Å². The van der Waals surface area contributed by atoms with Crippen LogP contribution in [0.3, 0.4) is 0 Å². The van der Waals surface area contributed by atoms with E-state index in [4.69, 9.17) is 11.6 Å². The van der Waals surface area contributed by atoms with Gasteiger partial charge < -0.3 is 4.74 Å². The summed E-state index contributed by atoms with van der Waals surface area (Å²) < 4.78 is 4.57. The molecule has 0 aromatic carbocycles. The van der Waals surface area contributed by atoms with Crippen LogP contribution >= 0.6 is 11.6 Å². The van der Waals surface area contributed by atoms with Crippen molar-refractivity contribution in [1.82, 2.24) is 0 Å². The van der Waals surface area contributed by atoms with E-state index in [0.717, 1.165) is 25.7 Å². The minimum absolute atomic E-state index is 0.0935. The van der Waals surface area contributed by atoms with E-state index in [1.165, 1.54) is 26.4 Å². The summed E-state index contributed by atoms with van der Waals surface area (Å²) in [4.78, 5) is 10.8. The van der Waals surface area contributed by atoms with Crippen LogP contribution in [0.4, 0.5) is 0 Å². The molecule has 0 bridgehead atoms. The molecule has 0 radical (unpaired) electrons. The smallest absolute Gasteiger partial charge is 0.305 e. The Morgan fingerprint density at radius 3 is 2.38 bits per heavy atom. The maximum Gasteiger partial charge on any atom is 0.305 e. The quantitative estimate of drug-likeness (QED) is 0.251. The largest absolute Gasteiger partial charge is 0.469 e. The van der Waals surface area contributed by atoms with Crippen molar-refractivity contribution in [1.29, 1.82) is 0 Å². The van der Waals surface area contributed by atoms with Crippen LogP contribution in [-0.2, 0) is 9.53 Å². The second-order valence-electron chi connectivity index (χ2n) is 3.83. The van der Waals surface area contributed by atoms with Crippen molar-refractivity contribution < 1.29 is 9.53 Å². The number of ether oxygens (including phenoxy) is 1. The molecule has 94 valence electrons. The first-order valence-corrected chi connectivity index (χ1v) is 6.62. The molecule has 0 unspecified atom stereocenters. The number of hydrogen-bond donors (Lipinski definition) is 0. The fourth-order valence-electron chi connectivity index (χ4n) is 1.46. The van der Waals surface area contributed by atoms with Crippen molar-refractivity contribution in [2.75, 3.05) is 13.0 Å². The van der Waals surface area contributed by atoms with Crippen LogP contribution < -0.4 is 0 Å². The fraction of sp³-hybridized carbons (Fsp3) is 0.769. The molecular formula is C13H23ClO2. The third kappa shape index (κ3) is 11.6. The van der Waals surface area contributed by atoms with Crippen molar-refractivity contribution in [3.8, 4) is 0 Å². The van der Waals surface area contributed by atoms with Crippen LogP contribution in [0.15, 0.2) is 12.2 Å². The number of hydrogen-bond acceptors (Lipinski definition) is 2. The van der Waals surface area contributed by atoms with E-state index < -0.39 is 0 Å². The van der Waals surface area contributed by atoms with E-state index in [1.54, 1.807) is 0 Å². The summed E-state index contributed by atoms with van der Waals surface area (Å²) in [6, 6.07) is 0. The summed E-state index contributed by atoms with van der Waals surface area (Å²) in [7, 11) is 1.44. The molecule has 0 saturated heterocycles. The van der Waals surface area contributed by atoms with Crippen molar-refractivity contribution in [3.05, 3.63) is 12.2 Å². The van der Waals surface area contributed by atoms with E-state index in [9.17, 15) is 4.79 Å². The fourth-order valence-corrected chi connectivity index (χ4v) is 1.59. The average Bonchev–Trinajstić information content (AvgIpc) is 2.31. The number of unbranched alkanes of at least 4 members (excludes halogenated alkanes) is 5. The van der Waals surface area contributed by atoms with E-state index in [-0.39, 0.29) is 5.97 Å². The summed E-state index contributed by atoms with van der Waals surface area (Å²) in [5.74, 6) is 0.619. The van der Waals surface area contributed by atoms with E-state index >= 15 is 0 Å². The van der Waals surface area contributed by atoms with E-state index in [1.807, 2.05) is 0 Å². The zero-order valence-corrected chi connectivity index (χ0v) is 11.0. The lowest BCUT2D eigenvalue weighted by Crippen LogP contribution is -1.98. The highest BCUT2D eigenvalue weighted by atomic mass is 35.5. The molecule has 0 fully saturated rings. The maximum absolute atomic E-state index is 10.8. The SMILES string of the molecule is COC(=O)CCCCCCCC=CCCCl. The van der Waals surface area contributed by atoms with Gasteiger partial charge in [0.25, 0.3) is 0 Å². The molecule has 0 N–H and O–H groups in total. The highest BCUT2D eigenvalue weighted by Crippen LogP contribution is 2.08. The molecule has 2 nitrogen and oxygen atoms in total. The summed E-state index contributed by atoms with van der Waals surface area (Å²) in [5.41, 5.74) is 0. The van der Waals surface area contributed by atoms with Gasteiger partial charge in [-0.2, -0.15) is 0 Å². The van der Waals surface area contributed by atoms with Gasteiger partial charge in [0.2, 0.25) is 0 Å². The molecule has 0 atom stereocenters. The molecule has 0 aliphatic rings. The van der Waals surface area contributed by atoms with Crippen molar-refractivity contribution in [3.63, 3.8) is 0 Å². The molecule has 0 aromatic rings. The van der Waals surface area contributed by atoms with Crippen molar-refractivity contribution in [2.24, 2.45) is 0 Å². The summed E-state index contributed by atoms with van der Waals surface area (Å²) in [6.45, 7) is 0. The zero-order valence-electron chi connectivity index (χ0n) is 10.2. The van der Waals surface area contributed by atoms with Crippen molar-refractivity contribution in [2.45, 2.75) is 51.4 Å². The molecular weight excluding hydrogens is 224 g/mol. The predicted octanol–water partition coefficient (Wildman–Crippen LogP) is 4.08. The van der Waals surface area contributed by atoms with Gasteiger partial charge in [-0.3, -0.25) is 4.79 Å². The standard InChI is InChI=1S/C13H23ClO2/c1-16-13(15)11-9-7-5-3-2-4-6-8-10-12-14/h6,8H,2-5,7,9-12H2,1H3. The Bertz CT molecular complexity index is 190. The number of carbonyl (C=O) groups is 1. The maximum atomic E-state index is 10.8. The zero-order chi connectivity index (χ0) is 12.1. The number of alkyl halides is 1. The van der Waals surface area contributed by atoms with Crippen LogP contribution in [0.1, 0.15) is 51.4 Å². The third-order valence-corrected chi connectivity index (χ3v) is 2.64. The first-order chi connectivity index (χ1) is 7.81. The Morgan fingerprint density at radius 1 is 1.06 bits per heavy atom. The molecule has 0 rings (SSSR count). The minimum atomic E-state index is -0.0935. The van der Waals surface area contributed by atoms with Gasteiger partial charge in [-0.15, -0.1) is 11.6 Å². The number of methoxy groups -OCH3 is 1. The highest BCUT2D eigenvalue weighted by Gasteiger charge is 1.98. The molecule has 0 amide bonds. The van der Waals surface area contributed by atoms with Gasteiger partial charge in [0.05, 0.1) is 7.11 Å². The first-order valence-electron chi connectivity index (χ1n) is 6.09. The Balaban J connectivity index is 3.07. The number of allylic oxidation sites excluding steroid dienone is 2. The highest BCUT2D eigenvalue weighted by molar-refractivity contribution is 6.17. The molecule has 3 heteroatoms. The lowest BCUT2D eigenvalue weighted by atomic mass is 10.1. The Morgan fingerprint density at radius 2 is 1.69 bits per heavy atom. The Labute approximate surface area is 104 Å². The molecule has 16 heavy (non-hydrogen) atoms. The molecule has 0 spiro atoms. The average molecular weight is 247 g/mol. The van der Waals surface area contributed by atoms with E-state index in [0.29, 0.717) is 12.3 Å². The van der Waals surface area contributed by atoms with Gasteiger partial charge in [-0.1, -0.05) is 31.4 Å².